The van der Waals surface area contributed by atoms with E-state index < -0.39 is 23.6 Å². The Hall–Kier alpha value is -1.39. The molecule has 0 saturated heterocycles. The molecule has 5 heteroatoms. The fourth-order valence-corrected chi connectivity index (χ4v) is 2.34. The Kier molecular flexibility index (Phi) is 5.12. The van der Waals surface area contributed by atoms with Crippen molar-refractivity contribution in [1.82, 2.24) is 0 Å². The lowest BCUT2D eigenvalue weighted by atomic mass is 9.78. The number of hydrogen-bond acceptors (Lipinski definition) is 5. The first-order valence-electron chi connectivity index (χ1n) is 5.81. The smallest absolute Gasteiger partial charge is 0.375 e. The van der Waals surface area contributed by atoms with Gasteiger partial charge in [0.15, 0.2) is 0 Å². The average Bonchev–Trinajstić information content (AvgIpc) is 2.38. The summed E-state index contributed by atoms with van der Waals surface area (Å²) in [7, 11) is 2.36. The van der Waals surface area contributed by atoms with Gasteiger partial charge in [-0.1, -0.05) is 19.3 Å². The van der Waals surface area contributed by atoms with Gasteiger partial charge in [0.25, 0.3) is 5.78 Å². The summed E-state index contributed by atoms with van der Waals surface area (Å²) in [6.45, 7) is 0. The first-order valence-corrected chi connectivity index (χ1v) is 5.81. The lowest BCUT2D eigenvalue weighted by molar-refractivity contribution is -0.162. The third-order valence-corrected chi connectivity index (χ3v) is 3.25. The van der Waals surface area contributed by atoms with Crippen LogP contribution in [0.2, 0.25) is 0 Å². The molecule has 0 radical (unpaired) electrons. The first kappa shape index (κ1) is 13.7. The van der Waals surface area contributed by atoms with Crippen molar-refractivity contribution >= 4 is 17.7 Å². The highest BCUT2D eigenvalue weighted by Gasteiger charge is 2.39. The van der Waals surface area contributed by atoms with Crippen molar-refractivity contribution in [1.29, 1.82) is 0 Å². The molecule has 0 bridgehead atoms. The molecule has 5 nitrogen and oxygen atoms in total. The fourth-order valence-electron chi connectivity index (χ4n) is 2.34. The molecule has 1 aliphatic carbocycles. The maximum Gasteiger partial charge on any atom is 0.375 e. The Morgan fingerprint density at radius 1 is 1.00 bits per heavy atom. The quantitative estimate of drug-likeness (QED) is 0.419. The molecule has 0 aliphatic heterocycles. The highest BCUT2D eigenvalue weighted by atomic mass is 16.5. The van der Waals surface area contributed by atoms with E-state index in [0.29, 0.717) is 0 Å². The lowest BCUT2D eigenvalue weighted by Crippen LogP contribution is -2.38. The molecule has 0 amide bonds. The third kappa shape index (κ3) is 3.28. The summed E-state index contributed by atoms with van der Waals surface area (Å²) in [5.74, 6) is -3.47. The van der Waals surface area contributed by atoms with Crippen LogP contribution in [-0.4, -0.2) is 31.9 Å². The number of carbonyl (C=O) groups excluding carboxylic acids is 3. The molecule has 17 heavy (non-hydrogen) atoms. The van der Waals surface area contributed by atoms with Gasteiger partial charge >= 0.3 is 11.9 Å². The van der Waals surface area contributed by atoms with Crippen LogP contribution in [-0.2, 0) is 23.9 Å². The van der Waals surface area contributed by atoms with Crippen molar-refractivity contribution in [2.45, 2.75) is 32.1 Å². The van der Waals surface area contributed by atoms with Gasteiger partial charge in [-0.15, -0.1) is 0 Å². The van der Waals surface area contributed by atoms with Crippen molar-refractivity contribution in [2.75, 3.05) is 14.2 Å². The Morgan fingerprint density at radius 3 is 2.06 bits per heavy atom. The van der Waals surface area contributed by atoms with Crippen LogP contribution in [0.3, 0.4) is 0 Å². The van der Waals surface area contributed by atoms with E-state index in [1.54, 1.807) is 0 Å². The van der Waals surface area contributed by atoms with Crippen LogP contribution < -0.4 is 0 Å². The summed E-state index contributed by atoms with van der Waals surface area (Å²) >= 11 is 0. The van der Waals surface area contributed by atoms with Crippen LogP contribution in [0, 0.1) is 11.8 Å². The zero-order chi connectivity index (χ0) is 12.8. The molecule has 0 aromatic heterocycles. The van der Waals surface area contributed by atoms with Gasteiger partial charge in [0.05, 0.1) is 14.2 Å². The van der Waals surface area contributed by atoms with Crippen LogP contribution in [0.15, 0.2) is 0 Å². The monoisotopic (exact) mass is 242 g/mol. The molecule has 96 valence electrons. The number of esters is 2. The van der Waals surface area contributed by atoms with Crippen LogP contribution >= 0.6 is 0 Å². The van der Waals surface area contributed by atoms with E-state index >= 15 is 0 Å². The maximum atomic E-state index is 11.8. The molecule has 0 N–H and O–H groups in total. The predicted octanol–water partition coefficient (Wildman–Crippen LogP) is 1.10. The average molecular weight is 242 g/mol. The lowest BCUT2D eigenvalue weighted by Gasteiger charge is -2.26. The normalized spacial score (nSPS) is 18.2. The highest BCUT2D eigenvalue weighted by molar-refractivity contribution is 6.37. The fraction of sp³-hybridized carbons (Fsp3) is 0.750. The predicted molar refractivity (Wildman–Crippen MR) is 59.1 cm³/mol. The van der Waals surface area contributed by atoms with Gasteiger partial charge in [0.1, 0.15) is 5.92 Å². The maximum absolute atomic E-state index is 11.8. The number of ether oxygens (including phenoxy) is 2. The largest absolute Gasteiger partial charge is 0.468 e. The SMILES string of the molecule is COC(=O)C(=O)C(C(=O)OC)C1CCCCC1. The van der Waals surface area contributed by atoms with Gasteiger partial charge in [-0.25, -0.2) is 4.79 Å². The topological polar surface area (TPSA) is 69.7 Å². The Morgan fingerprint density at radius 2 is 1.59 bits per heavy atom. The minimum atomic E-state index is -0.993. The van der Waals surface area contributed by atoms with E-state index in [1.807, 2.05) is 0 Å². The standard InChI is InChI=1S/C12H18O5/c1-16-11(14)9(10(13)12(15)17-2)8-6-4-3-5-7-8/h8-9H,3-7H2,1-2H3. The number of ketones is 1. The van der Waals surface area contributed by atoms with Crippen molar-refractivity contribution in [3.05, 3.63) is 0 Å². The Labute approximate surface area is 100 Å². The summed E-state index contributed by atoms with van der Waals surface area (Å²) in [6.07, 6.45) is 4.63. The number of Topliss-reactive ketones (excluding diaryl/α,β-unsaturated/α-hetero) is 1. The molecule has 1 saturated carbocycles. The third-order valence-electron chi connectivity index (χ3n) is 3.25. The van der Waals surface area contributed by atoms with E-state index in [1.165, 1.54) is 7.11 Å². The minimum absolute atomic E-state index is 0.0946. The van der Waals surface area contributed by atoms with Crippen molar-refractivity contribution in [3.8, 4) is 0 Å². The molecule has 1 unspecified atom stereocenters. The van der Waals surface area contributed by atoms with Crippen LogP contribution in [0.1, 0.15) is 32.1 Å². The van der Waals surface area contributed by atoms with E-state index in [4.69, 9.17) is 0 Å². The van der Waals surface area contributed by atoms with Crippen molar-refractivity contribution in [3.63, 3.8) is 0 Å². The van der Waals surface area contributed by atoms with Gasteiger partial charge in [-0.05, 0) is 18.8 Å². The molecular formula is C12H18O5. The van der Waals surface area contributed by atoms with Gasteiger partial charge in [-0.2, -0.15) is 0 Å². The zero-order valence-electron chi connectivity index (χ0n) is 10.2. The van der Waals surface area contributed by atoms with Crippen LogP contribution in [0.25, 0.3) is 0 Å². The summed E-state index contributed by atoms with van der Waals surface area (Å²) < 4.78 is 9.00. The number of rotatable bonds is 4. The van der Waals surface area contributed by atoms with Crippen LogP contribution in [0.4, 0.5) is 0 Å². The van der Waals surface area contributed by atoms with Crippen molar-refractivity contribution < 1.29 is 23.9 Å². The molecule has 1 aliphatic rings. The molecular weight excluding hydrogens is 224 g/mol. The molecule has 0 heterocycles. The molecule has 1 atom stereocenters. The second kappa shape index (κ2) is 6.37. The van der Waals surface area contributed by atoms with E-state index in [0.717, 1.165) is 39.2 Å². The van der Waals surface area contributed by atoms with E-state index in [-0.39, 0.29) is 5.92 Å². The molecule has 1 rings (SSSR count). The van der Waals surface area contributed by atoms with Gasteiger partial charge in [-0.3, -0.25) is 9.59 Å². The van der Waals surface area contributed by atoms with E-state index in [2.05, 4.69) is 9.47 Å². The number of carbonyl (C=O) groups is 3. The number of hydrogen-bond donors (Lipinski definition) is 0. The zero-order valence-corrected chi connectivity index (χ0v) is 10.2. The highest BCUT2D eigenvalue weighted by Crippen LogP contribution is 2.31. The van der Waals surface area contributed by atoms with Crippen molar-refractivity contribution in [2.24, 2.45) is 11.8 Å². The minimum Gasteiger partial charge on any atom is -0.468 e. The molecule has 0 aromatic rings. The second-order valence-electron chi connectivity index (χ2n) is 4.25. The van der Waals surface area contributed by atoms with Gasteiger partial charge in [0.2, 0.25) is 0 Å². The summed E-state index contributed by atoms with van der Waals surface area (Å²) in [5.41, 5.74) is 0. The molecule has 1 fully saturated rings. The van der Waals surface area contributed by atoms with Gasteiger partial charge in [0, 0.05) is 0 Å². The first-order chi connectivity index (χ1) is 8.11. The summed E-state index contributed by atoms with van der Waals surface area (Å²) in [4.78, 5) is 34.7. The molecule has 0 aromatic carbocycles. The number of methoxy groups -OCH3 is 2. The second-order valence-corrected chi connectivity index (χ2v) is 4.25. The summed E-state index contributed by atoms with van der Waals surface area (Å²) in [6, 6.07) is 0. The Balaban J connectivity index is 2.82. The Bertz CT molecular complexity index is 304. The van der Waals surface area contributed by atoms with E-state index in [9.17, 15) is 14.4 Å². The summed E-state index contributed by atoms with van der Waals surface area (Å²) in [5, 5.41) is 0. The molecule has 0 spiro atoms. The van der Waals surface area contributed by atoms with Gasteiger partial charge < -0.3 is 9.47 Å². The van der Waals surface area contributed by atoms with Crippen LogP contribution in [0.5, 0.6) is 0 Å².